The van der Waals surface area contributed by atoms with E-state index in [0.29, 0.717) is 17.1 Å². The van der Waals surface area contributed by atoms with Crippen LogP contribution >= 0.6 is 11.6 Å². The minimum Gasteiger partial charge on any atom is -0.478 e. The van der Waals surface area contributed by atoms with Crippen LogP contribution in [0, 0.1) is 0 Å². The molecule has 2 N–H and O–H groups in total. The van der Waals surface area contributed by atoms with Gasteiger partial charge in [0.2, 0.25) is 0 Å². The number of nitrogens with zero attached hydrogens (tertiary/aromatic N) is 1. The van der Waals surface area contributed by atoms with E-state index in [-0.39, 0.29) is 17.6 Å². The number of aromatic carboxylic acids is 1. The zero-order chi connectivity index (χ0) is 19.7. The molecule has 0 spiro atoms. The van der Waals surface area contributed by atoms with Gasteiger partial charge in [0.15, 0.2) is 0 Å². The average Bonchev–Trinajstić information content (AvgIpc) is 2.96. The summed E-state index contributed by atoms with van der Waals surface area (Å²) in [4.78, 5) is 25.8. The molecule has 0 saturated carbocycles. The Morgan fingerprint density at radius 2 is 1.68 bits per heavy atom. The Morgan fingerprint density at radius 3 is 2.39 bits per heavy atom. The number of anilines is 1. The molecule has 140 valence electrons. The van der Waals surface area contributed by atoms with Gasteiger partial charge in [-0.1, -0.05) is 48.0 Å². The fraction of sp³-hybridized carbons (Fsp3) is 0.0909. The quantitative estimate of drug-likeness (QED) is 0.654. The molecule has 3 aromatic rings. The number of hydrogen-bond donors (Lipinski definition) is 2. The number of carboxylic acid groups (broad SMARTS) is 1. The second-order valence-corrected chi connectivity index (χ2v) is 6.95. The molecule has 0 saturated heterocycles. The fourth-order valence-corrected chi connectivity index (χ4v) is 3.56. The van der Waals surface area contributed by atoms with E-state index < -0.39 is 5.97 Å². The molecule has 0 unspecified atom stereocenters. The van der Waals surface area contributed by atoms with Crippen LogP contribution in [-0.2, 0) is 6.54 Å². The smallest absolute Gasteiger partial charge is 0.335 e. The van der Waals surface area contributed by atoms with E-state index in [1.54, 1.807) is 23.1 Å². The Morgan fingerprint density at radius 1 is 1.00 bits per heavy atom. The van der Waals surface area contributed by atoms with Gasteiger partial charge in [-0.05, 0) is 42.0 Å². The highest BCUT2D eigenvalue weighted by atomic mass is 35.5. The van der Waals surface area contributed by atoms with Crippen LogP contribution < -0.4 is 5.32 Å². The summed E-state index contributed by atoms with van der Waals surface area (Å²) >= 11 is 6.30. The monoisotopic (exact) mass is 392 g/mol. The number of benzene rings is 3. The second kappa shape index (κ2) is 7.37. The molecule has 0 aliphatic carbocycles. The largest absolute Gasteiger partial charge is 0.478 e. The van der Waals surface area contributed by atoms with E-state index in [0.717, 1.165) is 16.8 Å². The molecule has 5 nitrogen and oxygen atoms in total. The maximum Gasteiger partial charge on any atom is 0.335 e. The summed E-state index contributed by atoms with van der Waals surface area (Å²) in [5.41, 5.74) is 3.32. The summed E-state index contributed by atoms with van der Waals surface area (Å²) in [5, 5.41) is 13.0. The summed E-state index contributed by atoms with van der Waals surface area (Å²) in [7, 11) is 0. The number of rotatable bonds is 5. The predicted octanol–water partition coefficient (Wildman–Crippen LogP) is 4.80. The molecule has 0 fully saturated rings. The number of nitrogens with one attached hydrogen (secondary N) is 1. The molecular weight excluding hydrogens is 376 g/mol. The first-order valence-corrected chi connectivity index (χ1v) is 9.15. The molecule has 6 heteroatoms. The third-order valence-corrected chi connectivity index (χ3v) is 5.16. The first-order valence-electron chi connectivity index (χ1n) is 8.78. The average molecular weight is 393 g/mol. The number of carbonyl (C=O) groups excluding carboxylic acids is 1. The molecular formula is C22H17ClN2O3. The minimum atomic E-state index is -0.978. The third kappa shape index (κ3) is 3.32. The molecule has 1 aliphatic heterocycles. The van der Waals surface area contributed by atoms with Crippen LogP contribution in [-0.4, -0.2) is 21.9 Å². The highest BCUT2D eigenvalue weighted by Crippen LogP contribution is 2.36. The van der Waals surface area contributed by atoms with Gasteiger partial charge in [-0.15, -0.1) is 0 Å². The summed E-state index contributed by atoms with van der Waals surface area (Å²) in [6, 6.07) is 21.4. The number of fused-ring (bicyclic) bond motifs is 1. The predicted molar refractivity (Wildman–Crippen MR) is 108 cm³/mol. The lowest BCUT2D eigenvalue weighted by atomic mass is 10.1. The summed E-state index contributed by atoms with van der Waals surface area (Å²) in [6.07, 6.45) is -0.379. The van der Waals surface area contributed by atoms with Crippen molar-refractivity contribution in [2.75, 3.05) is 5.32 Å². The van der Waals surface area contributed by atoms with Crippen molar-refractivity contribution in [1.82, 2.24) is 4.90 Å². The van der Waals surface area contributed by atoms with Gasteiger partial charge >= 0.3 is 5.97 Å². The van der Waals surface area contributed by atoms with Crippen molar-refractivity contribution in [3.8, 4) is 0 Å². The maximum atomic E-state index is 13.0. The maximum absolute atomic E-state index is 13.0. The lowest BCUT2D eigenvalue weighted by molar-refractivity contribution is 0.0695. The fourth-order valence-electron chi connectivity index (χ4n) is 3.37. The van der Waals surface area contributed by atoms with Gasteiger partial charge in [0.25, 0.3) is 5.91 Å². The molecule has 28 heavy (non-hydrogen) atoms. The molecule has 3 aromatic carbocycles. The van der Waals surface area contributed by atoms with Crippen molar-refractivity contribution in [3.63, 3.8) is 0 Å². The van der Waals surface area contributed by atoms with Crippen LogP contribution in [0.4, 0.5) is 5.69 Å². The molecule has 0 aromatic heterocycles. The van der Waals surface area contributed by atoms with E-state index in [4.69, 9.17) is 16.7 Å². The van der Waals surface area contributed by atoms with Gasteiger partial charge in [-0.25, -0.2) is 4.79 Å². The lowest BCUT2D eigenvalue weighted by Gasteiger charge is -2.27. The molecule has 1 aliphatic rings. The second-order valence-electron chi connectivity index (χ2n) is 6.54. The Kier molecular flexibility index (Phi) is 4.75. The van der Waals surface area contributed by atoms with Gasteiger partial charge in [-0.2, -0.15) is 0 Å². The normalized spacial score (nSPS) is 15.4. The summed E-state index contributed by atoms with van der Waals surface area (Å²) < 4.78 is 0. The third-order valence-electron chi connectivity index (χ3n) is 4.79. The van der Waals surface area contributed by atoms with E-state index in [2.05, 4.69) is 5.32 Å². The molecule has 1 heterocycles. The van der Waals surface area contributed by atoms with Crippen LogP contribution in [0.25, 0.3) is 0 Å². The minimum absolute atomic E-state index is 0.0739. The highest BCUT2D eigenvalue weighted by Gasteiger charge is 2.36. The summed E-state index contributed by atoms with van der Waals surface area (Å²) in [6.45, 7) is 0.359. The zero-order valence-corrected chi connectivity index (χ0v) is 15.6. The van der Waals surface area contributed by atoms with Gasteiger partial charge < -0.3 is 15.3 Å². The first-order chi connectivity index (χ1) is 13.5. The number of amides is 1. The van der Waals surface area contributed by atoms with Gasteiger partial charge in [-0.3, -0.25) is 4.79 Å². The van der Waals surface area contributed by atoms with Crippen LogP contribution in [0.2, 0.25) is 5.02 Å². The molecule has 0 bridgehead atoms. The standard InChI is InChI=1S/C22H17ClN2O3/c23-19-8-4-1-5-15(19)13-25-20(17-6-2-3-7-18(17)21(25)26)24-16-11-9-14(10-12-16)22(27)28/h1-12,20,24H,13H2,(H,27,28)/t20-/m1/s1. The SMILES string of the molecule is O=C(O)c1ccc(N[C@H]2c3ccccc3C(=O)N2Cc2ccccc2Cl)cc1. The van der Waals surface area contributed by atoms with E-state index in [1.165, 1.54) is 12.1 Å². The topological polar surface area (TPSA) is 69.6 Å². The van der Waals surface area contributed by atoms with E-state index >= 15 is 0 Å². The molecule has 1 amide bonds. The molecule has 4 rings (SSSR count). The van der Waals surface area contributed by atoms with Crippen LogP contribution in [0.5, 0.6) is 0 Å². The molecule has 1 atom stereocenters. The van der Waals surface area contributed by atoms with Gasteiger partial charge in [0.05, 0.1) is 5.56 Å². The van der Waals surface area contributed by atoms with Crippen molar-refractivity contribution in [1.29, 1.82) is 0 Å². The van der Waals surface area contributed by atoms with E-state index in [1.807, 2.05) is 42.5 Å². The number of carbonyl (C=O) groups is 2. The molecule has 0 radical (unpaired) electrons. The van der Waals surface area contributed by atoms with Gasteiger partial charge in [0.1, 0.15) is 6.17 Å². The van der Waals surface area contributed by atoms with Crippen molar-refractivity contribution >= 4 is 29.2 Å². The Labute approximate surface area is 167 Å². The van der Waals surface area contributed by atoms with Crippen molar-refractivity contribution < 1.29 is 14.7 Å². The number of carboxylic acids is 1. The number of halogens is 1. The highest BCUT2D eigenvalue weighted by molar-refractivity contribution is 6.31. The van der Waals surface area contributed by atoms with E-state index in [9.17, 15) is 9.59 Å². The Bertz CT molecular complexity index is 1050. The van der Waals surface area contributed by atoms with Crippen molar-refractivity contribution in [3.05, 3.63) is 100 Å². The van der Waals surface area contributed by atoms with Crippen LogP contribution in [0.3, 0.4) is 0 Å². The van der Waals surface area contributed by atoms with Crippen LogP contribution in [0.15, 0.2) is 72.8 Å². The van der Waals surface area contributed by atoms with Crippen LogP contribution in [0.1, 0.15) is 38.0 Å². The Balaban J connectivity index is 1.67. The Hall–Kier alpha value is -3.31. The first kappa shape index (κ1) is 18.1. The number of hydrogen-bond acceptors (Lipinski definition) is 3. The zero-order valence-electron chi connectivity index (χ0n) is 14.8. The lowest BCUT2D eigenvalue weighted by Crippen LogP contribution is -2.32. The summed E-state index contributed by atoms with van der Waals surface area (Å²) in [5.74, 6) is -1.05. The van der Waals surface area contributed by atoms with Crippen molar-refractivity contribution in [2.24, 2.45) is 0 Å². The van der Waals surface area contributed by atoms with Gasteiger partial charge in [0, 0.05) is 28.4 Å². The van der Waals surface area contributed by atoms with Crippen molar-refractivity contribution in [2.45, 2.75) is 12.7 Å².